The van der Waals surface area contributed by atoms with Gasteiger partial charge in [-0.05, 0) is 42.5 Å². The molecule has 0 aliphatic rings. The highest BCUT2D eigenvalue weighted by molar-refractivity contribution is 6.33. The lowest BCUT2D eigenvalue weighted by molar-refractivity contribution is -0.116. The number of methoxy groups -OCH3 is 1. The van der Waals surface area contributed by atoms with E-state index in [1.54, 1.807) is 13.2 Å². The van der Waals surface area contributed by atoms with E-state index in [9.17, 15) is 4.79 Å². The first kappa shape index (κ1) is 17.2. The van der Waals surface area contributed by atoms with Crippen LogP contribution in [0.2, 0.25) is 5.02 Å². The molecule has 0 radical (unpaired) electrons. The number of ether oxygens (including phenoxy) is 1. The number of amides is 1. The number of nitrogens with zero attached hydrogens (tertiary/aromatic N) is 2. The number of benzene rings is 2. The van der Waals surface area contributed by atoms with Gasteiger partial charge in [0.25, 0.3) is 0 Å². The summed E-state index contributed by atoms with van der Waals surface area (Å²) in [4.78, 5) is 14.3. The highest BCUT2D eigenvalue weighted by Crippen LogP contribution is 2.27. The van der Waals surface area contributed by atoms with Gasteiger partial charge in [-0.15, -0.1) is 0 Å². The Hall–Kier alpha value is -2.66. The predicted molar refractivity (Wildman–Crippen MR) is 103 cm³/mol. The molecule has 0 spiro atoms. The molecule has 130 valence electrons. The number of hydrogen-bond acceptors (Lipinski definition) is 3. The smallest absolute Gasteiger partial charge is 0.244 e. The van der Waals surface area contributed by atoms with Gasteiger partial charge in [0.15, 0.2) is 0 Å². The summed E-state index contributed by atoms with van der Waals surface area (Å²) in [5.74, 6) is 0.687. The summed E-state index contributed by atoms with van der Waals surface area (Å²) in [6, 6.07) is 13.2. The number of fused-ring (bicyclic) bond motifs is 1. The van der Waals surface area contributed by atoms with Crippen molar-refractivity contribution in [2.24, 2.45) is 0 Å². The van der Waals surface area contributed by atoms with Crippen molar-refractivity contribution in [2.75, 3.05) is 31.4 Å². The summed E-state index contributed by atoms with van der Waals surface area (Å²) < 4.78 is 7.13. The Morgan fingerprint density at radius 2 is 2.00 bits per heavy atom. The highest BCUT2D eigenvalue weighted by atomic mass is 35.5. The highest BCUT2D eigenvalue weighted by Gasteiger charge is 2.09. The van der Waals surface area contributed by atoms with E-state index in [0.29, 0.717) is 10.7 Å². The lowest BCUT2D eigenvalue weighted by Crippen LogP contribution is -2.18. The van der Waals surface area contributed by atoms with E-state index in [1.165, 1.54) is 0 Å². The third-order valence-electron chi connectivity index (χ3n) is 4.01. The van der Waals surface area contributed by atoms with Crippen LogP contribution in [0.15, 0.2) is 48.7 Å². The maximum Gasteiger partial charge on any atom is 0.244 e. The number of carbonyl (C=O) groups excluding carboxylic acids is 1. The topological polar surface area (TPSA) is 46.5 Å². The number of anilines is 2. The second-order valence-corrected chi connectivity index (χ2v) is 6.38. The van der Waals surface area contributed by atoms with Crippen molar-refractivity contribution >= 4 is 39.8 Å². The van der Waals surface area contributed by atoms with Crippen molar-refractivity contribution in [1.29, 1.82) is 0 Å². The Labute approximate surface area is 151 Å². The molecule has 5 nitrogen and oxygen atoms in total. The first-order chi connectivity index (χ1) is 12.0. The summed E-state index contributed by atoms with van der Waals surface area (Å²) in [7, 11) is 5.48. The molecule has 0 atom stereocenters. The minimum absolute atomic E-state index is 0.109. The zero-order chi connectivity index (χ0) is 18.0. The van der Waals surface area contributed by atoms with Crippen LogP contribution in [0.25, 0.3) is 10.9 Å². The van der Waals surface area contributed by atoms with Crippen LogP contribution >= 0.6 is 11.6 Å². The van der Waals surface area contributed by atoms with Gasteiger partial charge in [0.1, 0.15) is 12.3 Å². The van der Waals surface area contributed by atoms with Crippen LogP contribution in [0.3, 0.4) is 0 Å². The van der Waals surface area contributed by atoms with Crippen molar-refractivity contribution in [3.05, 3.63) is 53.7 Å². The molecule has 0 saturated heterocycles. The average Bonchev–Trinajstić information content (AvgIpc) is 2.96. The maximum absolute atomic E-state index is 12.4. The fourth-order valence-electron chi connectivity index (χ4n) is 2.75. The molecule has 3 aromatic rings. The first-order valence-corrected chi connectivity index (χ1v) is 8.25. The van der Waals surface area contributed by atoms with Crippen LogP contribution < -0.4 is 15.0 Å². The van der Waals surface area contributed by atoms with Crippen molar-refractivity contribution < 1.29 is 9.53 Å². The maximum atomic E-state index is 12.4. The van der Waals surface area contributed by atoms with Gasteiger partial charge < -0.3 is 19.5 Å². The standard InChI is InChI=1S/C19H20ClN3O2/c1-22(2)18-6-4-14(11-16(18)20)21-19(24)12-23-9-8-13-10-15(25-3)5-7-17(13)23/h4-11H,12H2,1-3H3,(H,21,24). The van der Waals surface area contributed by atoms with Crippen molar-refractivity contribution in [2.45, 2.75) is 6.54 Å². The Kier molecular flexibility index (Phi) is 4.86. The largest absolute Gasteiger partial charge is 0.497 e. The SMILES string of the molecule is COc1ccc2c(ccn2CC(=O)Nc2ccc(N(C)C)c(Cl)c2)c1. The lowest BCUT2D eigenvalue weighted by atomic mass is 10.2. The Balaban J connectivity index is 1.74. The van der Waals surface area contributed by atoms with Gasteiger partial charge in [-0.2, -0.15) is 0 Å². The quantitative estimate of drug-likeness (QED) is 0.750. The van der Waals surface area contributed by atoms with E-state index in [0.717, 1.165) is 22.3 Å². The number of aromatic nitrogens is 1. The lowest BCUT2D eigenvalue weighted by Gasteiger charge is -2.15. The van der Waals surface area contributed by atoms with Crippen molar-refractivity contribution in [3.63, 3.8) is 0 Å². The van der Waals surface area contributed by atoms with Gasteiger partial charge >= 0.3 is 0 Å². The van der Waals surface area contributed by atoms with E-state index in [-0.39, 0.29) is 12.5 Å². The fraction of sp³-hybridized carbons (Fsp3) is 0.211. The van der Waals surface area contributed by atoms with E-state index >= 15 is 0 Å². The van der Waals surface area contributed by atoms with Crippen molar-refractivity contribution in [3.8, 4) is 5.75 Å². The van der Waals surface area contributed by atoms with Crippen LogP contribution in [-0.4, -0.2) is 31.7 Å². The van der Waals surface area contributed by atoms with Gasteiger partial charge in [-0.3, -0.25) is 4.79 Å². The van der Waals surface area contributed by atoms with E-state index in [2.05, 4.69) is 5.32 Å². The zero-order valence-corrected chi connectivity index (χ0v) is 15.2. The number of nitrogens with one attached hydrogen (secondary N) is 1. The second kappa shape index (κ2) is 7.07. The zero-order valence-electron chi connectivity index (χ0n) is 14.4. The molecule has 1 N–H and O–H groups in total. The average molecular weight is 358 g/mol. The third kappa shape index (κ3) is 3.72. The minimum Gasteiger partial charge on any atom is -0.497 e. The van der Waals surface area contributed by atoms with E-state index in [4.69, 9.17) is 16.3 Å². The van der Waals surface area contributed by atoms with Crippen LogP contribution in [0.1, 0.15) is 0 Å². The summed E-state index contributed by atoms with van der Waals surface area (Å²) in [5.41, 5.74) is 2.57. The van der Waals surface area contributed by atoms with Crippen LogP contribution in [0.5, 0.6) is 5.75 Å². The number of rotatable bonds is 5. The van der Waals surface area contributed by atoms with Crippen molar-refractivity contribution in [1.82, 2.24) is 4.57 Å². The Morgan fingerprint density at radius 1 is 1.20 bits per heavy atom. The molecule has 3 rings (SSSR count). The molecule has 25 heavy (non-hydrogen) atoms. The van der Waals surface area contributed by atoms with Crippen LogP contribution in [0.4, 0.5) is 11.4 Å². The summed E-state index contributed by atoms with van der Waals surface area (Å²) in [6.07, 6.45) is 1.89. The molecule has 1 amide bonds. The summed E-state index contributed by atoms with van der Waals surface area (Å²) in [5, 5.41) is 4.52. The molecule has 0 bridgehead atoms. The van der Waals surface area contributed by atoms with Gasteiger partial charge in [0.2, 0.25) is 5.91 Å². The molecule has 1 aromatic heterocycles. The molecule has 0 saturated carbocycles. The Morgan fingerprint density at radius 3 is 2.68 bits per heavy atom. The minimum atomic E-state index is -0.109. The van der Waals surface area contributed by atoms with Gasteiger partial charge in [0, 0.05) is 36.9 Å². The summed E-state index contributed by atoms with van der Waals surface area (Å²) >= 11 is 6.25. The van der Waals surface area contributed by atoms with Gasteiger partial charge in [-0.1, -0.05) is 11.6 Å². The molecule has 0 fully saturated rings. The first-order valence-electron chi connectivity index (χ1n) is 7.87. The van der Waals surface area contributed by atoms with E-state index in [1.807, 2.05) is 66.2 Å². The molecule has 1 heterocycles. The summed E-state index contributed by atoms with van der Waals surface area (Å²) in [6.45, 7) is 0.225. The fourth-order valence-corrected chi connectivity index (χ4v) is 3.10. The molecule has 0 unspecified atom stereocenters. The number of hydrogen-bond donors (Lipinski definition) is 1. The molecular formula is C19H20ClN3O2. The Bertz CT molecular complexity index is 918. The van der Waals surface area contributed by atoms with Gasteiger partial charge in [0.05, 0.1) is 17.8 Å². The van der Waals surface area contributed by atoms with Crippen LogP contribution in [-0.2, 0) is 11.3 Å². The molecule has 6 heteroatoms. The molecule has 0 aliphatic carbocycles. The molecule has 0 aliphatic heterocycles. The number of halogens is 1. The molecular weight excluding hydrogens is 338 g/mol. The van der Waals surface area contributed by atoms with E-state index < -0.39 is 0 Å². The second-order valence-electron chi connectivity index (χ2n) is 5.98. The number of carbonyl (C=O) groups is 1. The van der Waals surface area contributed by atoms with Crippen LogP contribution in [0, 0.1) is 0 Å². The third-order valence-corrected chi connectivity index (χ3v) is 4.31. The van der Waals surface area contributed by atoms with Gasteiger partial charge in [-0.25, -0.2) is 0 Å². The molecule has 2 aromatic carbocycles. The normalized spacial score (nSPS) is 10.7. The monoisotopic (exact) mass is 357 g/mol. The predicted octanol–water partition coefficient (Wildman–Crippen LogP) is 4.01.